The molecule has 1 aliphatic carbocycles. The Morgan fingerprint density at radius 2 is 2.48 bits per heavy atom. The monoisotopic (exact) mass is 305 g/mol. The highest BCUT2D eigenvalue weighted by Gasteiger charge is 2.32. The molecule has 1 fully saturated rings. The second-order valence-electron chi connectivity index (χ2n) is 6.28. The van der Waals surface area contributed by atoms with E-state index in [0.29, 0.717) is 12.5 Å². The number of aromatic amines is 1. The van der Waals surface area contributed by atoms with Gasteiger partial charge in [0.05, 0.1) is 22.4 Å². The van der Waals surface area contributed by atoms with Crippen molar-refractivity contribution < 1.29 is 5.11 Å². The second-order valence-corrected chi connectivity index (χ2v) is 7.22. The molecule has 2 atom stereocenters. The summed E-state index contributed by atoms with van der Waals surface area (Å²) in [6.07, 6.45) is 6.06. The van der Waals surface area contributed by atoms with Crippen LogP contribution in [0.4, 0.5) is 0 Å². The van der Waals surface area contributed by atoms with Gasteiger partial charge in [-0.25, -0.2) is 0 Å². The molecule has 0 amide bonds. The molecule has 1 aliphatic rings. The number of thiophene rings is 1. The van der Waals surface area contributed by atoms with Crippen LogP contribution in [-0.4, -0.2) is 27.4 Å². The zero-order chi connectivity index (χ0) is 14.7. The molecule has 2 aromatic heterocycles. The lowest BCUT2D eigenvalue weighted by molar-refractivity contribution is -0.0119. The molecule has 2 unspecified atom stereocenters. The van der Waals surface area contributed by atoms with Crippen LogP contribution >= 0.6 is 11.3 Å². The topological polar surface area (TPSA) is 60.9 Å². The van der Waals surface area contributed by atoms with Crippen LogP contribution < -0.4 is 5.32 Å². The van der Waals surface area contributed by atoms with Gasteiger partial charge in [0.15, 0.2) is 0 Å². The quantitative estimate of drug-likeness (QED) is 0.795. The van der Waals surface area contributed by atoms with Gasteiger partial charge in [0, 0.05) is 18.7 Å². The summed E-state index contributed by atoms with van der Waals surface area (Å²) in [5.74, 6) is 0.626. The minimum Gasteiger partial charge on any atom is -0.389 e. The summed E-state index contributed by atoms with van der Waals surface area (Å²) in [4.78, 5) is 1.20. The average molecular weight is 305 g/mol. The van der Waals surface area contributed by atoms with Gasteiger partial charge in [0.25, 0.3) is 0 Å². The van der Waals surface area contributed by atoms with Crippen LogP contribution in [0.2, 0.25) is 0 Å². The molecule has 2 heterocycles. The predicted molar refractivity (Wildman–Crippen MR) is 86.2 cm³/mol. The Morgan fingerprint density at radius 1 is 1.57 bits per heavy atom. The lowest BCUT2D eigenvalue weighted by atomic mass is 9.79. The number of aromatic nitrogens is 2. The van der Waals surface area contributed by atoms with Crippen LogP contribution in [0.3, 0.4) is 0 Å². The Morgan fingerprint density at radius 3 is 3.24 bits per heavy atom. The first kappa shape index (κ1) is 14.8. The highest BCUT2D eigenvalue weighted by atomic mass is 32.1. The maximum absolute atomic E-state index is 10.6. The average Bonchev–Trinajstić information content (AvgIpc) is 3.07. The Bertz CT molecular complexity index is 566. The Kier molecular flexibility index (Phi) is 4.42. The van der Waals surface area contributed by atoms with Crippen LogP contribution in [0.15, 0.2) is 23.7 Å². The molecular formula is C16H23N3OS. The number of nitrogens with one attached hydrogen (secondary N) is 2. The molecule has 0 saturated heterocycles. The summed E-state index contributed by atoms with van der Waals surface area (Å²) in [6.45, 7) is 3.63. The van der Waals surface area contributed by atoms with E-state index in [1.54, 1.807) is 11.3 Å². The van der Waals surface area contributed by atoms with Crippen molar-refractivity contribution in [2.75, 3.05) is 6.54 Å². The predicted octanol–water partition coefficient (Wildman–Crippen LogP) is 3.17. The van der Waals surface area contributed by atoms with E-state index in [0.717, 1.165) is 37.1 Å². The van der Waals surface area contributed by atoms with Gasteiger partial charge in [-0.1, -0.05) is 25.8 Å². The summed E-state index contributed by atoms with van der Waals surface area (Å²) < 4.78 is 0. The van der Waals surface area contributed by atoms with Crippen LogP contribution in [0.1, 0.15) is 38.2 Å². The smallest absolute Gasteiger partial charge is 0.0794 e. The molecule has 1 saturated carbocycles. The summed E-state index contributed by atoms with van der Waals surface area (Å²) in [5.41, 5.74) is 1.70. The summed E-state index contributed by atoms with van der Waals surface area (Å²) in [5, 5.41) is 23.3. The molecule has 114 valence electrons. The SMILES string of the molecule is CC1CCCC(O)(CNCc2cn[nH]c2-c2cccs2)C1. The van der Waals surface area contributed by atoms with Gasteiger partial charge in [-0.05, 0) is 30.2 Å². The van der Waals surface area contributed by atoms with Crippen molar-refractivity contribution in [3.05, 3.63) is 29.3 Å². The zero-order valence-electron chi connectivity index (χ0n) is 12.4. The molecule has 5 heteroatoms. The fourth-order valence-electron chi connectivity index (χ4n) is 3.30. The largest absolute Gasteiger partial charge is 0.389 e. The van der Waals surface area contributed by atoms with Crippen LogP contribution in [0.5, 0.6) is 0 Å². The van der Waals surface area contributed by atoms with Crippen LogP contribution in [-0.2, 0) is 6.54 Å². The number of hydrogen-bond donors (Lipinski definition) is 3. The van der Waals surface area contributed by atoms with E-state index in [1.807, 2.05) is 12.3 Å². The van der Waals surface area contributed by atoms with Gasteiger partial charge in [-0.15, -0.1) is 11.3 Å². The molecule has 21 heavy (non-hydrogen) atoms. The van der Waals surface area contributed by atoms with Gasteiger partial charge in [-0.2, -0.15) is 5.10 Å². The minimum absolute atomic E-state index is 0.537. The van der Waals surface area contributed by atoms with Crippen molar-refractivity contribution in [3.63, 3.8) is 0 Å². The molecule has 3 N–H and O–H groups in total. The third-order valence-electron chi connectivity index (χ3n) is 4.32. The molecule has 4 nitrogen and oxygen atoms in total. The van der Waals surface area contributed by atoms with E-state index in [-0.39, 0.29) is 0 Å². The van der Waals surface area contributed by atoms with Crippen molar-refractivity contribution in [2.45, 2.75) is 44.8 Å². The molecule has 0 aromatic carbocycles. The van der Waals surface area contributed by atoms with Gasteiger partial charge in [-0.3, -0.25) is 5.10 Å². The number of rotatable bonds is 5. The number of H-pyrrole nitrogens is 1. The van der Waals surface area contributed by atoms with Gasteiger partial charge in [0.1, 0.15) is 0 Å². The Labute approximate surface area is 129 Å². The first-order valence-electron chi connectivity index (χ1n) is 7.65. The van der Waals surface area contributed by atoms with Crippen LogP contribution in [0.25, 0.3) is 10.6 Å². The van der Waals surface area contributed by atoms with E-state index in [4.69, 9.17) is 0 Å². The fraction of sp³-hybridized carbons (Fsp3) is 0.562. The van der Waals surface area contributed by atoms with Crippen LogP contribution in [0, 0.1) is 5.92 Å². The maximum atomic E-state index is 10.6. The van der Waals surface area contributed by atoms with Crippen molar-refractivity contribution in [1.29, 1.82) is 0 Å². The van der Waals surface area contributed by atoms with Gasteiger partial charge in [0.2, 0.25) is 0 Å². The molecule has 3 rings (SSSR count). The molecule has 0 bridgehead atoms. The first-order valence-corrected chi connectivity index (χ1v) is 8.53. The van der Waals surface area contributed by atoms with Crippen molar-refractivity contribution in [2.24, 2.45) is 5.92 Å². The standard InChI is InChI=1S/C16H23N3OS/c1-12-4-2-6-16(20,8-12)11-17-9-13-10-18-19-15(13)14-5-3-7-21-14/h3,5,7,10,12,17,20H,2,4,6,8-9,11H2,1H3,(H,18,19). The summed E-state index contributed by atoms with van der Waals surface area (Å²) in [6, 6.07) is 4.14. The molecular weight excluding hydrogens is 282 g/mol. The normalized spacial score (nSPS) is 26.1. The lowest BCUT2D eigenvalue weighted by Crippen LogP contribution is -2.43. The molecule has 2 aromatic rings. The highest BCUT2D eigenvalue weighted by Crippen LogP contribution is 2.32. The zero-order valence-corrected chi connectivity index (χ0v) is 13.2. The Balaban J connectivity index is 1.58. The van der Waals surface area contributed by atoms with E-state index in [2.05, 4.69) is 33.9 Å². The molecule has 0 spiro atoms. The third kappa shape index (κ3) is 3.54. The number of aliphatic hydroxyl groups is 1. The minimum atomic E-state index is -0.537. The van der Waals surface area contributed by atoms with Crippen molar-refractivity contribution in [3.8, 4) is 10.6 Å². The number of hydrogen-bond acceptors (Lipinski definition) is 4. The van der Waals surface area contributed by atoms with E-state index in [9.17, 15) is 5.11 Å². The molecule has 0 radical (unpaired) electrons. The summed E-state index contributed by atoms with van der Waals surface area (Å²) >= 11 is 1.71. The fourth-order valence-corrected chi connectivity index (χ4v) is 4.06. The van der Waals surface area contributed by atoms with E-state index in [1.165, 1.54) is 11.3 Å². The maximum Gasteiger partial charge on any atom is 0.0794 e. The van der Waals surface area contributed by atoms with Gasteiger partial charge < -0.3 is 10.4 Å². The highest BCUT2D eigenvalue weighted by molar-refractivity contribution is 7.13. The lowest BCUT2D eigenvalue weighted by Gasteiger charge is -2.35. The van der Waals surface area contributed by atoms with Gasteiger partial charge >= 0.3 is 0 Å². The third-order valence-corrected chi connectivity index (χ3v) is 5.21. The second kappa shape index (κ2) is 6.30. The molecule has 0 aliphatic heterocycles. The van der Waals surface area contributed by atoms with E-state index < -0.39 is 5.60 Å². The Hall–Kier alpha value is -1.17. The first-order chi connectivity index (χ1) is 10.2. The summed E-state index contributed by atoms with van der Waals surface area (Å²) in [7, 11) is 0. The van der Waals surface area contributed by atoms with Crippen molar-refractivity contribution >= 4 is 11.3 Å². The number of nitrogens with zero attached hydrogens (tertiary/aromatic N) is 1. The van der Waals surface area contributed by atoms with E-state index >= 15 is 0 Å². The van der Waals surface area contributed by atoms with Crippen molar-refractivity contribution in [1.82, 2.24) is 15.5 Å².